The van der Waals surface area contributed by atoms with Crippen LogP contribution >= 0.6 is 0 Å². The molecule has 1 atom stereocenters. The Morgan fingerprint density at radius 3 is 2.61 bits per heavy atom. The highest BCUT2D eigenvalue weighted by molar-refractivity contribution is 7.86. The third-order valence-corrected chi connectivity index (χ3v) is 7.70. The number of hydrogen-bond donors (Lipinski definition) is 3. The Balaban J connectivity index is 1.31. The lowest BCUT2D eigenvalue weighted by atomic mass is 10.1. The summed E-state index contributed by atoms with van der Waals surface area (Å²) >= 11 is 0. The molecule has 0 aliphatic carbocycles. The Morgan fingerprint density at radius 2 is 1.82 bits per heavy atom. The summed E-state index contributed by atoms with van der Waals surface area (Å²) in [5.41, 5.74) is 3.26. The van der Waals surface area contributed by atoms with E-state index < -0.39 is 10.7 Å². The third kappa shape index (κ3) is 6.18. The highest BCUT2D eigenvalue weighted by atomic mass is 32.2. The van der Waals surface area contributed by atoms with Gasteiger partial charge in [-0.1, -0.05) is 28.9 Å². The quantitative estimate of drug-likeness (QED) is 0.260. The zero-order valence-electron chi connectivity index (χ0n) is 21.1. The van der Waals surface area contributed by atoms with Gasteiger partial charge in [-0.15, -0.1) is 0 Å². The maximum atomic E-state index is 12.5. The lowest BCUT2D eigenvalue weighted by Gasteiger charge is -2.14. The summed E-state index contributed by atoms with van der Waals surface area (Å²) in [7, 11) is 1.05. The first-order valence-corrected chi connectivity index (χ1v) is 13.8. The molecule has 0 spiro atoms. The van der Waals surface area contributed by atoms with Crippen LogP contribution in [0.4, 0.5) is 17.5 Å². The molecule has 9 heteroatoms. The van der Waals surface area contributed by atoms with Gasteiger partial charge in [-0.05, 0) is 73.0 Å². The average molecular weight is 528 g/mol. The fourth-order valence-electron chi connectivity index (χ4n) is 4.08. The number of ketones is 1. The van der Waals surface area contributed by atoms with Crippen LogP contribution in [0.2, 0.25) is 0 Å². The number of rotatable bonds is 6. The fraction of sp³-hybridized carbons (Fsp3) is 0.207. The molecule has 1 aromatic heterocycles. The minimum Gasteiger partial charge on any atom is -0.497 e. The predicted octanol–water partition coefficient (Wildman–Crippen LogP) is 6.10. The van der Waals surface area contributed by atoms with Crippen molar-refractivity contribution in [3.63, 3.8) is 0 Å². The molecule has 0 saturated carbocycles. The topological polar surface area (TPSA) is 109 Å². The van der Waals surface area contributed by atoms with Crippen molar-refractivity contribution in [3.8, 4) is 22.6 Å². The minimum atomic E-state index is -0.539. The number of nitrogens with one attached hydrogen (secondary N) is 3. The van der Waals surface area contributed by atoms with Crippen LogP contribution in [0.25, 0.3) is 11.1 Å². The number of Topliss-reactive ketones (excluding diaryl/α,β-unsaturated/α-hetero) is 1. The lowest BCUT2D eigenvalue weighted by Crippen LogP contribution is -2.11. The number of nitrogens with zero attached hydrogens (tertiary/aromatic N) is 2. The van der Waals surface area contributed by atoms with Gasteiger partial charge in [0.05, 0.1) is 7.11 Å². The van der Waals surface area contributed by atoms with Gasteiger partial charge in [0.15, 0.2) is 12.4 Å². The van der Waals surface area contributed by atoms with Gasteiger partial charge in [0.1, 0.15) is 17.3 Å². The fourth-order valence-corrected chi connectivity index (χ4v) is 5.32. The van der Waals surface area contributed by atoms with E-state index in [1.165, 1.54) is 0 Å². The molecular weight excluding hydrogens is 498 g/mol. The molecule has 1 aliphatic heterocycles. The summed E-state index contributed by atoms with van der Waals surface area (Å²) < 4.78 is 19.4. The number of methoxy groups -OCH3 is 1. The molecule has 0 saturated heterocycles. The summed E-state index contributed by atoms with van der Waals surface area (Å²) in [4.78, 5) is 22.8. The standard InChI is InChI=1S/C29H29N5O3S/c1-36-23-11-9-21(10-12-23)27(35)19-37-24-13-7-20(8-14-24)26-18-32-29-33-22-5-4-6-25(17-22)38(30)16-3-2-15-31-28(26)34-29/h4-14,17-18,30H,2-3,15-16,19H2,1H3,(H2,31,32,33,34). The van der Waals surface area contributed by atoms with Gasteiger partial charge < -0.3 is 20.1 Å². The van der Waals surface area contributed by atoms with E-state index in [-0.39, 0.29) is 12.4 Å². The zero-order chi connectivity index (χ0) is 26.3. The average Bonchev–Trinajstić information content (AvgIpc) is 2.96. The van der Waals surface area contributed by atoms with E-state index in [2.05, 4.69) is 15.6 Å². The Kier molecular flexibility index (Phi) is 7.94. The molecule has 2 heterocycles. The summed E-state index contributed by atoms with van der Waals surface area (Å²) in [5.74, 6) is 3.28. The molecule has 5 rings (SSSR count). The van der Waals surface area contributed by atoms with Crippen LogP contribution in [0, 0.1) is 4.78 Å². The third-order valence-electron chi connectivity index (χ3n) is 6.18. The van der Waals surface area contributed by atoms with Crippen LogP contribution in [0.15, 0.2) is 83.9 Å². The number of carbonyl (C=O) groups is 1. The Morgan fingerprint density at radius 1 is 1.03 bits per heavy atom. The number of fused-ring (bicyclic) bond motifs is 4. The van der Waals surface area contributed by atoms with Crippen molar-refractivity contribution in [1.29, 1.82) is 4.78 Å². The maximum Gasteiger partial charge on any atom is 0.229 e. The second-order valence-corrected chi connectivity index (χ2v) is 10.5. The molecule has 8 nitrogen and oxygen atoms in total. The van der Waals surface area contributed by atoms with Crippen LogP contribution in [0.3, 0.4) is 0 Å². The molecule has 3 N–H and O–H groups in total. The van der Waals surface area contributed by atoms with Crippen molar-refractivity contribution in [2.45, 2.75) is 17.7 Å². The van der Waals surface area contributed by atoms with Crippen molar-refractivity contribution >= 4 is 33.9 Å². The summed E-state index contributed by atoms with van der Waals surface area (Å²) in [6.07, 6.45) is 3.72. The van der Waals surface area contributed by atoms with Crippen molar-refractivity contribution in [2.75, 3.05) is 36.6 Å². The summed E-state index contributed by atoms with van der Waals surface area (Å²) in [6, 6.07) is 22.5. The normalized spacial score (nSPS) is 15.0. The molecule has 4 bridgehead atoms. The molecule has 3 aromatic carbocycles. The number of benzene rings is 3. The maximum absolute atomic E-state index is 12.5. The van der Waals surface area contributed by atoms with E-state index in [0.717, 1.165) is 52.7 Å². The lowest BCUT2D eigenvalue weighted by molar-refractivity contribution is 0.0921. The van der Waals surface area contributed by atoms with E-state index in [4.69, 9.17) is 19.2 Å². The minimum absolute atomic E-state index is 0.0527. The summed E-state index contributed by atoms with van der Waals surface area (Å²) in [6.45, 7) is 0.704. The smallest absolute Gasteiger partial charge is 0.229 e. The molecule has 1 unspecified atom stereocenters. The molecule has 4 aromatic rings. The first-order chi connectivity index (χ1) is 18.6. The first-order valence-electron chi connectivity index (χ1n) is 12.4. The highest BCUT2D eigenvalue weighted by Gasteiger charge is 2.13. The van der Waals surface area contributed by atoms with E-state index in [0.29, 0.717) is 23.0 Å². The van der Waals surface area contributed by atoms with Crippen molar-refractivity contribution in [1.82, 2.24) is 9.97 Å². The van der Waals surface area contributed by atoms with Crippen LogP contribution < -0.4 is 20.1 Å². The molecule has 1 aliphatic rings. The second-order valence-electron chi connectivity index (χ2n) is 8.80. The van der Waals surface area contributed by atoms with Crippen molar-refractivity contribution in [2.24, 2.45) is 0 Å². The Labute approximate surface area is 224 Å². The number of aromatic nitrogens is 2. The zero-order valence-corrected chi connectivity index (χ0v) is 21.9. The Hall–Kier alpha value is -4.24. The molecule has 0 fully saturated rings. The van der Waals surface area contributed by atoms with Gasteiger partial charge in [0.2, 0.25) is 5.95 Å². The van der Waals surface area contributed by atoms with E-state index in [1.807, 2.05) is 48.5 Å². The summed E-state index contributed by atoms with van der Waals surface area (Å²) in [5, 5.41) is 6.74. The number of carbonyl (C=O) groups excluding carboxylic acids is 1. The van der Waals surface area contributed by atoms with Crippen molar-refractivity contribution in [3.05, 3.63) is 84.6 Å². The largest absolute Gasteiger partial charge is 0.497 e. The van der Waals surface area contributed by atoms with Crippen molar-refractivity contribution < 1.29 is 14.3 Å². The van der Waals surface area contributed by atoms with Crippen LogP contribution in [0.5, 0.6) is 11.5 Å². The second kappa shape index (κ2) is 11.9. The number of ether oxygens (including phenoxy) is 2. The van der Waals surface area contributed by atoms with Gasteiger partial charge in [-0.25, -0.2) is 4.98 Å². The van der Waals surface area contributed by atoms with Gasteiger partial charge >= 0.3 is 0 Å². The highest BCUT2D eigenvalue weighted by Crippen LogP contribution is 2.30. The van der Waals surface area contributed by atoms with E-state index in [9.17, 15) is 4.79 Å². The Bertz CT molecular complexity index is 1440. The van der Waals surface area contributed by atoms with Gasteiger partial charge in [0, 0.05) is 40.2 Å². The number of hydrogen-bond acceptors (Lipinski definition) is 8. The molecule has 38 heavy (non-hydrogen) atoms. The van der Waals surface area contributed by atoms with Crippen LogP contribution in [-0.4, -0.2) is 41.8 Å². The first kappa shape index (κ1) is 25.4. The molecule has 194 valence electrons. The van der Waals surface area contributed by atoms with Gasteiger partial charge in [-0.3, -0.25) is 9.57 Å². The predicted molar refractivity (Wildman–Crippen MR) is 151 cm³/mol. The van der Waals surface area contributed by atoms with E-state index in [1.54, 1.807) is 37.6 Å². The monoisotopic (exact) mass is 527 g/mol. The van der Waals surface area contributed by atoms with E-state index >= 15 is 0 Å². The molecule has 0 amide bonds. The number of anilines is 3. The molecule has 0 radical (unpaired) electrons. The SMILES string of the molecule is COc1ccc(C(=O)COc2ccc(-c3cnc4nc3NCCCCS(=N)c3cccc(c3)N4)cc2)cc1. The van der Waals surface area contributed by atoms with Gasteiger partial charge in [-0.2, -0.15) is 4.98 Å². The van der Waals surface area contributed by atoms with Crippen LogP contribution in [-0.2, 0) is 10.7 Å². The molecular formula is C29H29N5O3S. The van der Waals surface area contributed by atoms with Gasteiger partial charge in [0.25, 0.3) is 0 Å². The van der Waals surface area contributed by atoms with Crippen LogP contribution in [0.1, 0.15) is 23.2 Å².